The lowest BCUT2D eigenvalue weighted by Gasteiger charge is -2.32. The molecule has 0 aliphatic carbocycles. The fourth-order valence-electron chi connectivity index (χ4n) is 2.71. The molecule has 0 unspecified atom stereocenters. The van der Waals surface area contributed by atoms with Crippen LogP contribution in [0.4, 0.5) is 0 Å². The molecular formula is C19H19NO5S. The van der Waals surface area contributed by atoms with E-state index in [1.165, 1.54) is 12.1 Å². The number of ether oxygens (including phenoxy) is 1. The van der Waals surface area contributed by atoms with Crippen LogP contribution in [-0.4, -0.2) is 38.9 Å². The topological polar surface area (TPSA) is 72.9 Å². The van der Waals surface area contributed by atoms with Crippen LogP contribution in [0, 0.1) is 0 Å². The van der Waals surface area contributed by atoms with Crippen LogP contribution in [-0.2, 0) is 19.6 Å². The Bertz CT molecular complexity index is 895. The summed E-state index contributed by atoms with van der Waals surface area (Å²) < 4.78 is 36.0. The van der Waals surface area contributed by atoms with Crippen LogP contribution in [0.1, 0.15) is 11.7 Å². The zero-order valence-electron chi connectivity index (χ0n) is 14.1. The molecule has 1 aliphatic rings. The molecule has 26 heavy (non-hydrogen) atoms. The summed E-state index contributed by atoms with van der Waals surface area (Å²) in [6.07, 6.45) is 1.16. The number of rotatable bonds is 6. The van der Waals surface area contributed by atoms with Gasteiger partial charge in [0.2, 0.25) is 5.91 Å². The van der Waals surface area contributed by atoms with Gasteiger partial charge in [0.15, 0.2) is 0 Å². The first-order valence-electron chi connectivity index (χ1n) is 8.10. The van der Waals surface area contributed by atoms with Crippen LogP contribution in [0.5, 0.6) is 5.75 Å². The van der Waals surface area contributed by atoms with Gasteiger partial charge in [0.1, 0.15) is 23.4 Å². The first-order chi connectivity index (χ1) is 12.5. The van der Waals surface area contributed by atoms with E-state index in [0.717, 1.165) is 0 Å². The third kappa shape index (κ3) is 3.95. The van der Waals surface area contributed by atoms with Crippen LogP contribution >= 0.6 is 0 Å². The number of carbonyl (C=O) groups excluding carboxylic acids is 1. The number of morpholine rings is 1. The largest absolute Gasteiger partial charge is 0.379 e. The summed E-state index contributed by atoms with van der Waals surface area (Å²) in [6, 6.07) is 14.7. The van der Waals surface area contributed by atoms with Crippen molar-refractivity contribution in [3.63, 3.8) is 0 Å². The molecule has 7 heteroatoms. The van der Waals surface area contributed by atoms with Gasteiger partial charge < -0.3 is 13.8 Å². The lowest BCUT2D eigenvalue weighted by atomic mass is 10.1. The lowest BCUT2D eigenvalue weighted by molar-refractivity contribution is -0.148. The van der Waals surface area contributed by atoms with E-state index in [4.69, 9.17) is 8.92 Å². The third-order valence-electron chi connectivity index (χ3n) is 3.99. The van der Waals surface area contributed by atoms with Gasteiger partial charge >= 0.3 is 10.1 Å². The van der Waals surface area contributed by atoms with E-state index in [1.54, 1.807) is 53.4 Å². The number of hydrogen-bond acceptors (Lipinski definition) is 5. The predicted octanol–water partition coefficient (Wildman–Crippen LogP) is 2.54. The summed E-state index contributed by atoms with van der Waals surface area (Å²) in [5.41, 5.74) is 0.577. The van der Waals surface area contributed by atoms with Gasteiger partial charge in [-0.1, -0.05) is 42.5 Å². The number of hydrogen-bond donors (Lipinski definition) is 0. The van der Waals surface area contributed by atoms with Gasteiger partial charge in [-0.2, -0.15) is 8.42 Å². The average molecular weight is 373 g/mol. The van der Waals surface area contributed by atoms with E-state index in [9.17, 15) is 13.2 Å². The van der Waals surface area contributed by atoms with E-state index in [0.29, 0.717) is 18.7 Å². The first kappa shape index (κ1) is 18.2. The fraction of sp³-hybridized carbons (Fsp3) is 0.211. The molecule has 3 rings (SSSR count). The smallest absolute Gasteiger partial charge is 0.339 e. The summed E-state index contributed by atoms with van der Waals surface area (Å²) >= 11 is 0. The summed E-state index contributed by atoms with van der Waals surface area (Å²) in [6.45, 7) is 4.29. The highest BCUT2D eigenvalue weighted by atomic mass is 32.2. The lowest BCUT2D eigenvalue weighted by Crippen LogP contribution is -2.43. The van der Waals surface area contributed by atoms with Crippen molar-refractivity contribution in [2.24, 2.45) is 0 Å². The minimum atomic E-state index is -3.96. The van der Waals surface area contributed by atoms with Crippen LogP contribution in [0.15, 0.2) is 72.1 Å². The third-order valence-corrected chi connectivity index (χ3v) is 5.24. The first-order valence-corrected chi connectivity index (χ1v) is 9.51. The molecule has 0 N–H and O–H groups in total. The van der Waals surface area contributed by atoms with Gasteiger partial charge in [-0.3, -0.25) is 4.79 Å². The van der Waals surface area contributed by atoms with Crippen molar-refractivity contribution in [1.82, 2.24) is 4.90 Å². The Labute approximate surface area is 152 Å². The molecule has 6 nitrogen and oxygen atoms in total. The summed E-state index contributed by atoms with van der Waals surface area (Å²) in [5.74, 6) is 0.0608. The highest BCUT2D eigenvalue weighted by Crippen LogP contribution is 2.32. The van der Waals surface area contributed by atoms with Gasteiger partial charge in [0, 0.05) is 12.1 Å². The zero-order valence-corrected chi connectivity index (χ0v) is 14.9. The van der Waals surface area contributed by atoms with E-state index in [2.05, 4.69) is 6.58 Å². The average Bonchev–Trinajstić information content (AvgIpc) is 2.65. The molecule has 1 atom stereocenters. The summed E-state index contributed by atoms with van der Waals surface area (Å²) in [4.78, 5) is 13.6. The minimum absolute atomic E-state index is 0.0712. The van der Waals surface area contributed by atoms with E-state index < -0.39 is 16.2 Å². The second-order valence-corrected chi connectivity index (χ2v) is 7.32. The standard InChI is InChI=1S/C19H19NO5S/c1-2-12-20-13-18(24-14-19(20)21)16-10-6-7-11-17(16)25-26(22,23)15-8-4-3-5-9-15/h2-11,18H,1,12-14H2/t18-/m1/s1. The molecule has 2 aromatic rings. The Morgan fingerprint density at radius 2 is 1.85 bits per heavy atom. The molecule has 0 saturated carbocycles. The van der Waals surface area contributed by atoms with Crippen molar-refractivity contribution in [2.75, 3.05) is 19.7 Å². The normalized spacial score (nSPS) is 17.8. The van der Waals surface area contributed by atoms with Crippen molar-refractivity contribution in [2.45, 2.75) is 11.0 Å². The van der Waals surface area contributed by atoms with Gasteiger partial charge in [-0.15, -0.1) is 6.58 Å². The maximum absolute atomic E-state index is 12.5. The van der Waals surface area contributed by atoms with Crippen molar-refractivity contribution < 1.29 is 22.1 Å². The van der Waals surface area contributed by atoms with E-state index in [1.807, 2.05) is 0 Å². The summed E-state index contributed by atoms with van der Waals surface area (Å²) in [7, 11) is -3.96. The quantitative estimate of drug-likeness (QED) is 0.575. The van der Waals surface area contributed by atoms with Gasteiger partial charge in [-0.25, -0.2) is 0 Å². The molecule has 1 fully saturated rings. The Morgan fingerprint density at radius 3 is 2.58 bits per heavy atom. The maximum Gasteiger partial charge on any atom is 0.339 e. The molecule has 1 heterocycles. The number of carbonyl (C=O) groups is 1. The number of amides is 1. The van der Waals surface area contributed by atoms with E-state index in [-0.39, 0.29) is 23.2 Å². The minimum Gasteiger partial charge on any atom is -0.379 e. The molecule has 1 aliphatic heterocycles. The highest BCUT2D eigenvalue weighted by molar-refractivity contribution is 7.87. The highest BCUT2D eigenvalue weighted by Gasteiger charge is 2.29. The maximum atomic E-state index is 12.5. The monoisotopic (exact) mass is 373 g/mol. The van der Waals surface area contributed by atoms with E-state index >= 15 is 0 Å². The molecule has 2 aromatic carbocycles. The SMILES string of the molecule is C=CCN1C[C@H](c2ccccc2OS(=O)(=O)c2ccccc2)OCC1=O. The van der Waals surface area contributed by atoms with Crippen LogP contribution in [0.25, 0.3) is 0 Å². The molecule has 0 spiro atoms. The molecule has 0 bridgehead atoms. The molecule has 136 valence electrons. The molecule has 0 aromatic heterocycles. The van der Waals surface area contributed by atoms with Crippen molar-refractivity contribution in [3.8, 4) is 5.75 Å². The second-order valence-electron chi connectivity index (χ2n) is 5.78. The van der Waals surface area contributed by atoms with Crippen LogP contribution in [0.3, 0.4) is 0 Å². The molecule has 1 saturated heterocycles. The zero-order chi connectivity index (χ0) is 18.6. The number of nitrogens with zero attached hydrogens (tertiary/aromatic N) is 1. The molecule has 0 radical (unpaired) electrons. The summed E-state index contributed by atoms with van der Waals surface area (Å²) in [5, 5.41) is 0. The van der Waals surface area contributed by atoms with Crippen molar-refractivity contribution in [1.29, 1.82) is 0 Å². The molecule has 1 amide bonds. The van der Waals surface area contributed by atoms with Gasteiger partial charge in [0.05, 0.1) is 6.54 Å². The van der Waals surface area contributed by atoms with Crippen molar-refractivity contribution >= 4 is 16.0 Å². The predicted molar refractivity (Wildman–Crippen MR) is 96.2 cm³/mol. The Balaban J connectivity index is 1.87. The van der Waals surface area contributed by atoms with Gasteiger partial charge in [-0.05, 0) is 18.2 Å². The fourth-order valence-corrected chi connectivity index (χ4v) is 3.69. The Morgan fingerprint density at radius 1 is 1.15 bits per heavy atom. The van der Waals surface area contributed by atoms with Crippen LogP contribution < -0.4 is 4.18 Å². The Hall–Kier alpha value is -2.64. The van der Waals surface area contributed by atoms with Gasteiger partial charge in [0.25, 0.3) is 0 Å². The molecular weight excluding hydrogens is 354 g/mol. The number of benzene rings is 2. The number of para-hydroxylation sites is 1. The van der Waals surface area contributed by atoms with Crippen LogP contribution in [0.2, 0.25) is 0 Å². The Kier molecular flexibility index (Phi) is 5.39. The second kappa shape index (κ2) is 7.72. The van der Waals surface area contributed by atoms with Crippen molar-refractivity contribution in [3.05, 3.63) is 72.8 Å².